The van der Waals surface area contributed by atoms with E-state index in [1.165, 1.54) is 193 Å². The Hall–Kier alpha value is -1.25. The van der Waals surface area contributed by atoms with Crippen LogP contribution in [0.1, 0.15) is 258 Å². The zero-order valence-electron chi connectivity index (χ0n) is 41.6. The average Bonchev–Trinajstić information content (AvgIpc) is 3.23. The van der Waals surface area contributed by atoms with Gasteiger partial charge in [-0.1, -0.05) is 219 Å². The molecule has 0 aromatic heterocycles. The molecule has 0 bridgehead atoms. The Kier molecular flexibility index (Phi) is 44.0. The van der Waals surface area contributed by atoms with Gasteiger partial charge in [0.15, 0.2) is 6.10 Å². The van der Waals surface area contributed by atoms with Crippen molar-refractivity contribution in [3.8, 4) is 0 Å². The summed E-state index contributed by atoms with van der Waals surface area (Å²) in [7, 11) is 1.49. The van der Waals surface area contributed by atoms with E-state index in [9.17, 15) is 19.0 Å². The third-order valence-corrected chi connectivity index (χ3v) is 12.8. The number of ether oxygens (including phenoxy) is 2. The summed E-state index contributed by atoms with van der Waals surface area (Å²) in [5, 5.41) is 0. The molecule has 1 unspecified atom stereocenters. The number of likely N-dealkylation sites (N-methyl/N-ethyl adjacent to an activating group) is 1. The van der Waals surface area contributed by atoms with Crippen LogP contribution in [0.2, 0.25) is 0 Å². The normalized spacial score (nSPS) is 13.5. The summed E-state index contributed by atoms with van der Waals surface area (Å²) in [6.45, 7) is 4.47. The van der Waals surface area contributed by atoms with Gasteiger partial charge >= 0.3 is 19.8 Å². The lowest BCUT2D eigenvalue weighted by atomic mass is 10.0. The fourth-order valence-electron chi connectivity index (χ4n) is 7.66. The molecule has 0 saturated carbocycles. The maximum Gasteiger partial charge on any atom is 0.472 e. The zero-order chi connectivity index (χ0) is 45.7. The molecule has 1 N–H and O–H groups in total. The zero-order valence-corrected chi connectivity index (χ0v) is 42.5. The number of nitrogens with zero attached hydrogens (tertiary/aromatic N) is 1. The molecule has 0 fully saturated rings. The molecule has 62 heavy (non-hydrogen) atoms. The third-order valence-electron chi connectivity index (χ3n) is 11.8. The molecule has 0 heterocycles. The number of quaternary nitrogens is 1. The van der Waals surface area contributed by atoms with Crippen molar-refractivity contribution in [2.45, 2.75) is 264 Å². The smallest absolute Gasteiger partial charge is 0.462 e. The monoisotopic (exact) mass is 901 g/mol. The first-order valence-electron chi connectivity index (χ1n) is 26.4. The van der Waals surface area contributed by atoms with Gasteiger partial charge in [0, 0.05) is 12.8 Å². The summed E-state index contributed by atoms with van der Waals surface area (Å²) in [6.07, 6.45) is 49.8. The van der Waals surface area contributed by atoms with E-state index in [0.29, 0.717) is 17.4 Å². The van der Waals surface area contributed by atoms with Crippen LogP contribution in [0.25, 0.3) is 0 Å². The van der Waals surface area contributed by atoms with Gasteiger partial charge in [-0.15, -0.1) is 0 Å². The summed E-state index contributed by atoms with van der Waals surface area (Å²) >= 11 is 0. The van der Waals surface area contributed by atoms with Crippen LogP contribution in [-0.4, -0.2) is 74.9 Å². The second-order valence-electron chi connectivity index (χ2n) is 19.3. The number of carbonyl (C=O) groups excluding carboxylic acids is 2. The van der Waals surface area contributed by atoms with E-state index in [-0.39, 0.29) is 32.0 Å². The van der Waals surface area contributed by atoms with Gasteiger partial charge in [-0.25, -0.2) is 4.57 Å². The molecule has 0 aromatic carbocycles. The Morgan fingerprint density at radius 3 is 1.19 bits per heavy atom. The topological polar surface area (TPSA) is 108 Å². The highest BCUT2D eigenvalue weighted by molar-refractivity contribution is 7.47. The van der Waals surface area contributed by atoms with Crippen molar-refractivity contribution in [3.63, 3.8) is 0 Å². The highest BCUT2D eigenvalue weighted by atomic mass is 31.2. The van der Waals surface area contributed by atoms with Crippen LogP contribution in [0, 0.1) is 0 Å². The lowest BCUT2D eigenvalue weighted by molar-refractivity contribution is -0.870. The minimum atomic E-state index is -4.38. The van der Waals surface area contributed by atoms with Gasteiger partial charge < -0.3 is 18.9 Å². The van der Waals surface area contributed by atoms with Crippen molar-refractivity contribution in [2.24, 2.45) is 0 Å². The predicted octanol–water partition coefficient (Wildman–Crippen LogP) is 15.7. The van der Waals surface area contributed by atoms with Gasteiger partial charge in [0.05, 0.1) is 27.7 Å². The molecule has 9 nitrogen and oxygen atoms in total. The first-order valence-corrected chi connectivity index (χ1v) is 27.9. The van der Waals surface area contributed by atoms with E-state index in [1.807, 2.05) is 21.1 Å². The standard InChI is InChI=1S/C52H102NO8P/c1-6-8-10-12-14-16-18-20-22-24-25-26-27-29-31-33-35-37-39-41-43-45-52(55)61-50(49-60-62(56,57)59-47-46-53(3,4)5)48-58-51(54)44-42-40-38-36-34-32-30-28-23-21-19-17-15-13-11-9-7-2/h21,23,50H,6-20,22,24-49H2,1-5H3/p+1/b23-21-/t50-/m1/s1. The van der Waals surface area contributed by atoms with Crippen LogP contribution >= 0.6 is 7.82 Å². The van der Waals surface area contributed by atoms with Crippen molar-refractivity contribution in [3.05, 3.63) is 12.2 Å². The second-order valence-corrected chi connectivity index (χ2v) is 20.7. The molecule has 0 spiro atoms. The minimum absolute atomic E-state index is 0.0346. The fourth-order valence-corrected chi connectivity index (χ4v) is 8.40. The Morgan fingerprint density at radius 2 is 0.823 bits per heavy atom. The number of unbranched alkanes of at least 4 members (excludes halogenated alkanes) is 33. The number of hydrogen-bond acceptors (Lipinski definition) is 7. The molecule has 0 rings (SSSR count). The predicted molar refractivity (Wildman–Crippen MR) is 261 cm³/mol. The van der Waals surface area contributed by atoms with Gasteiger partial charge in [-0.05, 0) is 38.5 Å². The highest BCUT2D eigenvalue weighted by Gasteiger charge is 2.27. The van der Waals surface area contributed by atoms with E-state index in [0.717, 1.165) is 32.1 Å². The lowest BCUT2D eigenvalue weighted by Crippen LogP contribution is -2.37. The van der Waals surface area contributed by atoms with Crippen molar-refractivity contribution in [1.82, 2.24) is 0 Å². The number of allylic oxidation sites excluding steroid dienone is 2. The van der Waals surface area contributed by atoms with Crippen molar-refractivity contribution in [1.29, 1.82) is 0 Å². The van der Waals surface area contributed by atoms with E-state index >= 15 is 0 Å². The summed E-state index contributed by atoms with van der Waals surface area (Å²) in [4.78, 5) is 35.6. The molecule has 0 radical (unpaired) electrons. The number of esters is 2. The van der Waals surface area contributed by atoms with E-state index in [2.05, 4.69) is 26.0 Å². The Morgan fingerprint density at radius 1 is 0.484 bits per heavy atom. The molecule has 0 aliphatic heterocycles. The van der Waals surface area contributed by atoms with Crippen molar-refractivity contribution in [2.75, 3.05) is 47.5 Å². The second kappa shape index (κ2) is 44.9. The maximum atomic E-state index is 12.8. The van der Waals surface area contributed by atoms with Crippen LogP contribution in [0.15, 0.2) is 12.2 Å². The quantitative estimate of drug-likeness (QED) is 0.0211. The minimum Gasteiger partial charge on any atom is -0.462 e. The molecule has 2 atom stereocenters. The molecule has 10 heteroatoms. The van der Waals surface area contributed by atoms with E-state index in [1.54, 1.807) is 0 Å². The SMILES string of the molecule is CCCCCCCC/C=C\CCCCCCCCCC(=O)OC[C@H](COP(=O)(O)OCC[N+](C)(C)C)OC(=O)CCCCCCCCCCCCCCCCCCCCCCC. The van der Waals surface area contributed by atoms with Gasteiger partial charge in [0.25, 0.3) is 0 Å². The first-order chi connectivity index (χ1) is 30.0. The van der Waals surface area contributed by atoms with E-state index in [4.69, 9.17) is 18.5 Å². The molecule has 368 valence electrons. The van der Waals surface area contributed by atoms with Crippen LogP contribution in [0.3, 0.4) is 0 Å². The third kappa shape index (κ3) is 48.2. The Bertz CT molecular complexity index is 1060. The molecule has 0 amide bonds. The Balaban J connectivity index is 4.20. The van der Waals surface area contributed by atoms with Gasteiger partial charge in [0.2, 0.25) is 0 Å². The van der Waals surface area contributed by atoms with Crippen LogP contribution in [0.4, 0.5) is 0 Å². The number of phosphoric ester groups is 1. The molecule has 0 saturated heterocycles. The van der Waals surface area contributed by atoms with Crippen LogP contribution in [0.5, 0.6) is 0 Å². The first kappa shape index (κ1) is 60.8. The van der Waals surface area contributed by atoms with Crippen LogP contribution < -0.4 is 0 Å². The summed E-state index contributed by atoms with van der Waals surface area (Å²) in [6, 6.07) is 0. The number of rotatable bonds is 49. The Labute approximate surface area is 384 Å². The van der Waals surface area contributed by atoms with Gasteiger partial charge in [-0.3, -0.25) is 18.6 Å². The highest BCUT2D eigenvalue weighted by Crippen LogP contribution is 2.43. The number of phosphoric acid groups is 1. The number of hydrogen-bond donors (Lipinski definition) is 1. The molecular weight excluding hydrogens is 798 g/mol. The van der Waals surface area contributed by atoms with Crippen molar-refractivity contribution < 1.29 is 42.1 Å². The van der Waals surface area contributed by atoms with Crippen molar-refractivity contribution >= 4 is 19.8 Å². The molecular formula is C52H103NO8P+. The fraction of sp³-hybridized carbons (Fsp3) is 0.923. The average molecular weight is 901 g/mol. The maximum absolute atomic E-state index is 12.8. The summed E-state index contributed by atoms with van der Waals surface area (Å²) in [5.41, 5.74) is 0. The summed E-state index contributed by atoms with van der Waals surface area (Å²) < 4.78 is 34.5. The van der Waals surface area contributed by atoms with Gasteiger partial charge in [0.1, 0.15) is 19.8 Å². The molecule has 0 aliphatic rings. The largest absolute Gasteiger partial charge is 0.472 e. The van der Waals surface area contributed by atoms with Gasteiger partial charge in [-0.2, -0.15) is 0 Å². The van der Waals surface area contributed by atoms with Crippen LogP contribution in [-0.2, 0) is 32.7 Å². The molecule has 0 aromatic rings. The van der Waals surface area contributed by atoms with E-state index < -0.39 is 26.5 Å². The molecule has 0 aliphatic carbocycles. The lowest BCUT2D eigenvalue weighted by Gasteiger charge is -2.24. The number of carbonyl (C=O) groups is 2. The summed E-state index contributed by atoms with van der Waals surface area (Å²) in [5.74, 6) is -0.787.